The Kier molecular flexibility index (Phi) is 3.30. The maximum absolute atomic E-state index is 12.6. The number of fused-ring (bicyclic) bond motifs is 1. The fraction of sp³-hybridized carbons (Fsp3) is 0.722. The van der Waals surface area contributed by atoms with E-state index >= 15 is 0 Å². The molecule has 3 aliphatic rings. The molecule has 0 aromatic carbocycles. The number of hydrogen-bond acceptors (Lipinski definition) is 4. The molecule has 2 saturated carbocycles. The van der Waals surface area contributed by atoms with E-state index in [0.29, 0.717) is 23.3 Å². The molecule has 0 unspecified atom stereocenters. The minimum Gasteiger partial charge on any atom is -0.310 e. The maximum atomic E-state index is 12.6. The van der Waals surface area contributed by atoms with Gasteiger partial charge in [0.25, 0.3) is 5.56 Å². The van der Waals surface area contributed by atoms with Gasteiger partial charge in [-0.15, -0.1) is 0 Å². The summed E-state index contributed by atoms with van der Waals surface area (Å²) in [5, 5.41) is 5.15. The first-order chi connectivity index (χ1) is 11.7. The van der Waals surface area contributed by atoms with Crippen LogP contribution in [-0.2, 0) is 0 Å². The predicted octanol–water partition coefficient (Wildman–Crippen LogP) is 2.29. The first-order valence-electron chi connectivity index (χ1n) is 9.36. The fourth-order valence-electron chi connectivity index (χ4n) is 4.87. The normalized spacial score (nSPS) is 29.0. The number of nitrogens with zero attached hydrogens (tertiary/aromatic N) is 4. The smallest absolute Gasteiger partial charge is 0.262 e. The van der Waals surface area contributed by atoms with E-state index in [1.165, 1.54) is 25.7 Å². The second kappa shape index (κ2) is 5.41. The number of H-pyrrole nitrogens is 1. The second-order valence-electron chi connectivity index (χ2n) is 8.04. The maximum Gasteiger partial charge on any atom is 0.262 e. The summed E-state index contributed by atoms with van der Waals surface area (Å²) in [6.45, 7) is 2.12. The monoisotopic (exact) mass is 327 g/mol. The molecular weight excluding hydrogens is 302 g/mol. The van der Waals surface area contributed by atoms with Crippen molar-refractivity contribution in [1.82, 2.24) is 24.6 Å². The third kappa shape index (κ3) is 2.31. The molecule has 2 aromatic heterocycles. The Morgan fingerprint density at radius 3 is 2.71 bits per heavy atom. The lowest BCUT2D eigenvalue weighted by Gasteiger charge is -2.17. The molecule has 1 N–H and O–H groups in total. The quantitative estimate of drug-likeness (QED) is 0.939. The van der Waals surface area contributed by atoms with Gasteiger partial charge in [0.2, 0.25) is 0 Å². The Morgan fingerprint density at radius 1 is 1.17 bits per heavy atom. The first-order valence-corrected chi connectivity index (χ1v) is 9.36. The Bertz CT molecular complexity index is 814. The van der Waals surface area contributed by atoms with Crippen LogP contribution in [0.2, 0.25) is 0 Å². The molecular formula is C18H25N5O. The molecule has 0 radical (unpaired) electrons. The molecule has 128 valence electrons. The summed E-state index contributed by atoms with van der Waals surface area (Å²) < 4.78 is 2.02. The van der Waals surface area contributed by atoms with Gasteiger partial charge in [-0.2, -0.15) is 5.10 Å². The molecule has 3 fully saturated rings. The highest BCUT2D eigenvalue weighted by molar-refractivity contribution is 5.73. The van der Waals surface area contributed by atoms with E-state index in [9.17, 15) is 4.79 Å². The Hall–Kier alpha value is -1.69. The minimum absolute atomic E-state index is 0.0247. The number of rotatable bonds is 3. The van der Waals surface area contributed by atoms with E-state index in [1.807, 2.05) is 4.68 Å². The number of nitrogens with one attached hydrogen (secondary N) is 1. The summed E-state index contributed by atoms with van der Waals surface area (Å²) in [6.07, 6.45) is 9.17. The van der Waals surface area contributed by atoms with E-state index in [-0.39, 0.29) is 5.56 Å². The summed E-state index contributed by atoms with van der Waals surface area (Å²) >= 11 is 0. The topological polar surface area (TPSA) is 66.8 Å². The number of aromatic nitrogens is 4. The van der Waals surface area contributed by atoms with Crippen molar-refractivity contribution < 1.29 is 0 Å². The van der Waals surface area contributed by atoms with Gasteiger partial charge in [0.15, 0.2) is 5.65 Å². The lowest BCUT2D eigenvalue weighted by Crippen LogP contribution is -2.21. The average Bonchev–Trinajstić information content (AvgIpc) is 2.99. The van der Waals surface area contributed by atoms with E-state index in [4.69, 9.17) is 4.98 Å². The van der Waals surface area contributed by atoms with Gasteiger partial charge < -0.3 is 9.88 Å². The van der Waals surface area contributed by atoms with Crippen LogP contribution >= 0.6 is 0 Å². The van der Waals surface area contributed by atoms with Gasteiger partial charge in [-0.25, -0.2) is 9.67 Å². The number of aromatic amines is 1. The summed E-state index contributed by atoms with van der Waals surface area (Å²) in [7, 11) is 2.18. The Balaban J connectivity index is 1.58. The van der Waals surface area contributed by atoms with Crippen LogP contribution in [-0.4, -0.2) is 44.8 Å². The molecule has 2 aliphatic carbocycles. The van der Waals surface area contributed by atoms with Crippen molar-refractivity contribution in [2.75, 3.05) is 20.1 Å². The zero-order valence-electron chi connectivity index (χ0n) is 14.2. The van der Waals surface area contributed by atoms with Gasteiger partial charge in [0, 0.05) is 19.0 Å². The van der Waals surface area contributed by atoms with E-state index in [1.54, 1.807) is 6.20 Å². The van der Waals surface area contributed by atoms with Crippen LogP contribution in [0.1, 0.15) is 56.3 Å². The Labute approximate surface area is 141 Å². The molecule has 3 heterocycles. The largest absolute Gasteiger partial charge is 0.310 e. The molecule has 1 aliphatic heterocycles. The number of hydrogen-bond donors (Lipinski definition) is 1. The molecule has 6 heteroatoms. The zero-order valence-corrected chi connectivity index (χ0v) is 14.2. The first kappa shape index (κ1) is 14.6. The summed E-state index contributed by atoms with van der Waals surface area (Å²) in [5.41, 5.74) is 0.771. The van der Waals surface area contributed by atoms with Gasteiger partial charge in [-0.3, -0.25) is 4.79 Å². The zero-order chi connectivity index (χ0) is 16.3. The second-order valence-corrected chi connectivity index (χ2v) is 8.04. The lowest BCUT2D eigenvalue weighted by molar-refractivity contribution is 0.380. The molecule has 0 amide bonds. The highest BCUT2D eigenvalue weighted by atomic mass is 16.1. The van der Waals surface area contributed by atoms with Crippen LogP contribution < -0.4 is 5.56 Å². The van der Waals surface area contributed by atoms with Crippen LogP contribution in [0.3, 0.4) is 0 Å². The minimum atomic E-state index is -0.0247. The van der Waals surface area contributed by atoms with Gasteiger partial charge >= 0.3 is 0 Å². The van der Waals surface area contributed by atoms with Crippen molar-refractivity contribution in [2.24, 2.45) is 11.8 Å². The van der Waals surface area contributed by atoms with Crippen LogP contribution in [0.4, 0.5) is 0 Å². The molecule has 24 heavy (non-hydrogen) atoms. The van der Waals surface area contributed by atoms with Crippen molar-refractivity contribution in [2.45, 2.75) is 50.5 Å². The molecule has 6 nitrogen and oxygen atoms in total. The summed E-state index contributed by atoms with van der Waals surface area (Å²) in [4.78, 5) is 23.0. The van der Waals surface area contributed by atoms with Crippen LogP contribution in [0.5, 0.6) is 0 Å². The Morgan fingerprint density at radius 2 is 1.96 bits per heavy atom. The summed E-state index contributed by atoms with van der Waals surface area (Å²) in [5.74, 6) is 2.69. The van der Waals surface area contributed by atoms with Crippen molar-refractivity contribution in [3.8, 4) is 0 Å². The van der Waals surface area contributed by atoms with E-state index in [0.717, 1.165) is 43.3 Å². The standard InChI is InChI=1S/C18H25N5O/c1-22-9-14(11-6-7-11)15(10-22)16-20-17-13(18(24)21-16)8-19-23(17)12-4-2-3-5-12/h8,11-12,14-15H,2-7,9-10H2,1H3,(H,20,21,24)/t14-,15+/m0/s1. The molecule has 2 atom stereocenters. The van der Waals surface area contributed by atoms with Crippen molar-refractivity contribution >= 4 is 11.0 Å². The summed E-state index contributed by atoms with van der Waals surface area (Å²) in [6, 6.07) is 0.412. The lowest BCUT2D eigenvalue weighted by atomic mass is 9.91. The third-order valence-corrected chi connectivity index (χ3v) is 6.28. The van der Waals surface area contributed by atoms with Crippen molar-refractivity contribution in [1.29, 1.82) is 0 Å². The van der Waals surface area contributed by atoms with Gasteiger partial charge in [-0.1, -0.05) is 12.8 Å². The van der Waals surface area contributed by atoms with Crippen LogP contribution in [0.25, 0.3) is 11.0 Å². The number of likely N-dealkylation sites (tertiary alicyclic amines) is 1. The van der Waals surface area contributed by atoms with Gasteiger partial charge in [0.1, 0.15) is 11.2 Å². The van der Waals surface area contributed by atoms with E-state index < -0.39 is 0 Å². The highest BCUT2D eigenvalue weighted by Crippen LogP contribution is 2.46. The fourth-order valence-corrected chi connectivity index (χ4v) is 4.87. The van der Waals surface area contributed by atoms with Gasteiger partial charge in [-0.05, 0) is 44.6 Å². The molecule has 2 aromatic rings. The molecule has 1 saturated heterocycles. The van der Waals surface area contributed by atoms with Gasteiger partial charge in [0.05, 0.1) is 12.2 Å². The average molecular weight is 327 g/mol. The van der Waals surface area contributed by atoms with Crippen LogP contribution in [0, 0.1) is 11.8 Å². The van der Waals surface area contributed by atoms with Crippen molar-refractivity contribution in [3.63, 3.8) is 0 Å². The third-order valence-electron chi connectivity index (χ3n) is 6.28. The predicted molar refractivity (Wildman–Crippen MR) is 92.1 cm³/mol. The molecule has 5 rings (SSSR count). The van der Waals surface area contributed by atoms with E-state index in [2.05, 4.69) is 22.0 Å². The highest BCUT2D eigenvalue weighted by Gasteiger charge is 2.43. The number of likely N-dealkylation sites (N-methyl/N-ethyl adjacent to an activating group) is 1. The van der Waals surface area contributed by atoms with Crippen LogP contribution in [0.15, 0.2) is 11.0 Å². The molecule has 0 bridgehead atoms. The van der Waals surface area contributed by atoms with Crippen molar-refractivity contribution in [3.05, 3.63) is 22.4 Å². The SMILES string of the molecule is CN1C[C@@H](c2nc3c(cnn3C3CCCC3)c(=O)[nH]2)[C@H](C2CC2)C1. The molecule has 0 spiro atoms.